The molecule has 0 radical (unpaired) electrons. The molecular weight excluding hydrogens is 270 g/mol. The van der Waals surface area contributed by atoms with Gasteiger partial charge in [-0.1, -0.05) is 5.16 Å². The molecule has 1 saturated carbocycles. The average molecular weight is 283 g/mol. The molecule has 1 aromatic carbocycles. The lowest BCUT2D eigenvalue weighted by molar-refractivity contribution is 0.249. The summed E-state index contributed by atoms with van der Waals surface area (Å²) in [5.74, 6) is 1.54. The predicted octanol–water partition coefficient (Wildman–Crippen LogP) is 2.14. The molecular formula is C14H13N5O2. The van der Waals surface area contributed by atoms with Gasteiger partial charge in [0, 0.05) is 11.6 Å². The van der Waals surface area contributed by atoms with Crippen molar-refractivity contribution in [3.8, 4) is 6.07 Å². The first-order valence-corrected chi connectivity index (χ1v) is 6.62. The van der Waals surface area contributed by atoms with Gasteiger partial charge in [0.15, 0.2) is 5.82 Å². The molecule has 1 aliphatic carbocycles. The van der Waals surface area contributed by atoms with Crippen LogP contribution in [-0.2, 0) is 6.54 Å². The molecule has 0 aliphatic heterocycles. The van der Waals surface area contributed by atoms with Gasteiger partial charge in [-0.15, -0.1) is 0 Å². The van der Waals surface area contributed by atoms with Crippen molar-refractivity contribution in [1.82, 2.24) is 15.5 Å². The van der Waals surface area contributed by atoms with E-state index in [4.69, 9.17) is 9.78 Å². The van der Waals surface area contributed by atoms with Crippen LogP contribution in [0.15, 0.2) is 28.8 Å². The van der Waals surface area contributed by atoms with Crippen molar-refractivity contribution < 1.29 is 9.32 Å². The number of nitriles is 1. The zero-order chi connectivity index (χ0) is 14.7. The Balaban J connectivity index is 1.49. The fourth-order valence-corrected chi connectivity index (χ4v) is 1.81. The number of nitrogens with one attached hydrogen (secondary N) is 2. The number of hydrogen-bond acceptors (Lipinski definition) is 5. The quantitative estimate of drug-likeness (QED) is 0.894. The van der Waals surface area contributed by atoms with Gasteiger partial charge < -0.3 is 15.2 Å². The normalized spacial score (nSPS) is 13.5. The molecule has 0 saturated heterocycles. The Labute approximate surface area is 121 Å². The maximum absolute atomic E-state index is 11.7. The van der Waals surface area contributed by atoms with Crippen molar-refractivity contribution in [2.45, 2.75) is 25.3 Å². The maximum atomic E-state index is 11.7. The molecule has 1 fully saturated rings. The van der Waals surface area contributed by atoms with Crippen LogP contribution < -0.4 is 10.6 Å². The Bertz CT molecular complexity index is 682. The van der Waals surface area contributed by atoms with Crippen LogP contribution in [0, 0.1) is 11.3 Å². The van der Waals surface area contributed by atoms with Gasteiger partial charge in [-0.05, 0) is 37.1 Å². The third-order valence-electron chi connectivity index (χ3n) is 3.10. The smallest absolute Gasteiger partial charge is 0.319 e. The highest BCUT2D eigenvalue weighted by Crippen LogP contribution is 2.37. The van der Waals surface area contributed by atoms with E-state index in [0.717, 1.165) is 18.7 Å². The third-order valence-corrected chi connectivity index (χ3v) is 3.10. The predicted molar refractivity (Wildman–Crippen MR) is 73.3 cm³/mol. The van der Waals surface area contributed by atoms with Crippen LogP contribution in [0.3, 0.4) is 0 Å². The second-order valence-electron chi connectivity index (χ2n) is 4.82. The molecule has 7 heteroatoms. The van der Waals surface area contributed by atoms with Crippen molar-refractivity contribution >= 4 is 11.7 Å². The van der Waals surface area contributed by atoms with E-state index < -0.39 is 0 Å². The number of benzene rings is 1. The minimum Gasteiger partial charge on any atom is -0.337 e. The molecule has 2 N–H and O–H groups in total. The fraction of sp³-hybridized carbons (Fsp3) is 0.286. The molecule has 2 amide bonds. The summed E-state index contributed by atoms with van der Waals surface area (Å²) in [5, 5.41) is 17.9. The number of amides is 2. The fourth-order valence-electron chi connectivity index (χ4n) is 1.81. The van der Waals surface area contributed by atoms with Gasteiger partial charge in [0.1, 0.15) is 0 Å². The summed E-state index contributed by atoms with van der Waals surface area (Å²) in [6.45, 7) is 0.182. The summed E-state index contributed by atoms with van der Waals surface area (Å²) in [4.78, 5) is 15.9. The number of carbonyl (C=O) groups excluding carboxylic acids is 1. The molecule has 1 aliphatic rings. The Morgan fingerprint density at radius 2 is 2.14 bits per heavy atom. The Morgan fingerprint density at radius 1 is 1.38 bits per heavy atom. The highest BCUT2D eigenvalue weighted by atomic mass is 16.5. The zero-order valence-electron chi connectivity index (χ0n) is 11.2. The van der Waals surface area contributed by atoms with Gasteiger partial charge in [0.25, 0.3) is 0 Å². The standard InChI is InChI=1S/C14H13N5O2/c15-7-9-1-5-11(6-2-9)17-14(20)16-8-12-18-13(19-21-12)10-3-4-10/h1-2,5-6,10H,3-4,8H2,(H2,16,17,20). The first-order chi connectivity index (χ1) is 10.2. The molecule has 1 heterocycles. The first-order valence-electron chi connectivity index (χ1n) is 6.62. The summed E-state index contributed by atoms with van der Waals surface area (Å²) in [6, 6.07) is 8.24. The van der Waals surface area contributed by atoms with E-state index in [-0.39, 0.29) is 12.6 Å². The summed E-state index contributed by atoms with van der Waals surface area (Å²) >= 11 is 0. The number of hydrogen-bond donors (Lipinski definition) is 2. The SMILES string of the molecule is N#Cc1ccc(NC(=O)NCc2nc(C3CC3)no2)cc1. The monoisotopic (exact) mass is 283 g/mol. The van der Waals surface area contributed by atoms with Crippen molar-refractivity contribution in [3.05, 3.63) is 41.5 Å². The van der Waals surface area contributed by atoms with Crippen molar-refractivity contribution in [1.29, 1.82) is 5.26 Å². The molecule has 1 aromatic heterocycles. The molecule has 0 spiro atoms. The van der Waals surface area contributed by atoms with E-state index in [1.54, 1.807) is 24.3 Å². The van der Waals surface area contributed by atoms with Gasteiger partial charge in [-0.2, -0.15) is 10.2 Å². The Morgan fingerprint density at radius 3 is 2.81 bits per heavy atom. The van der Waals surface area contributed by atoms with Crippen LogP contribution in [-0.4, -0.2) is 16.2 Å². The summed E-state index contributed by atoms with van der Waals surface area (Å²) in [5.41, 5.74) is 1.15. The molecule has 0 unspecified atom stereocenters. The lowest BCUT2D eigenvalue weighted by atomic mass is 10.2. The second-order valence-corrected chi connectivity index (χ2v) is 4.82. The van der Waals surface area contributed by atoms with Gasteiger partial charge in [-0.3, -0.25) is 0 Å². The Hall–Kier alpha value is -2.88. The van der Waals surface area contributed by atoms with Crippen molar-refractivity contribution in [2.75, 3.05) is 5.32 Å². The second kappa shape index (κ2) is 5.63. The molecule has 3 rings (SSSR count). The summed E-state index contributed by atoms with van der Waals surface area (Å²) < 4.78 is 5.06. The van der Waals surface area contributed by atoms with E-state index >= 15 is 0 Å². The van der Waals surface area contributed by atoms with Gasteiger partial charge in [-0.25, -0.2) is 4.79 Å². The number of nitrogens with zero attached hydrogens (tertiary/aromatic N) is 3. The third kappa shape index (κ3) is 3.36. The number of carbonyl (C=O) groups is 1. The van der Waals surface area contributed by atoms with Crippen LogP contribution in [0.4, 0.5) is 10.5 Å². The van der Waals surface area contributed by atoms with Crippen LogP contribution in [0.1, 0.15) is 36.0 Å². The Kier molecular flexibility index (Phi) is 3.51. The average Bonchev–Trinajstić information content (AvgIpc) is 3.25. The molecule has 106 valence electrons. The molecule has 7 nitrogen and oxygen atoms in total. The van der Waals surface area contributed by atoms with E-state index in [9.17, 15) is 4.79 Å². The van der Waals surface area contributed by atoms with Gasteiger partial charge in [0.2, 0.25) is 5.89 Å². The highest BCUT2D eigenvalue weighted by Gasteiger charge is 2.28. The summed E-state index contributed by atoms with van der Waals surface area (Å²) in [6.07, 6.45) is 2.21. The number of anilines is 1. The van der Waals surface area contributed by atoms with Crippen LogP contribution in [0.2, 0.25) is 0 Å². The van der Waals surface area contributed by atoms with Crippen LogP contribution in [0.25, 0.3) is 0 Å². The summed E-state index contributed by atoms with van der Waals surface area (Å²) in [7, 11) is 0. The highest BCUT2D eigenvalue weighted by molar-refractivity contribution is 5.89. The lowest BCUT2D eigenvalue weighted by Crippen LogP contribution is -2.28. The molecule has 0 atom stereocenters. The minimum atomic E-state index is -0.370. The maximum Gasteiger partial charge on any atom is 0.319 e. The van der Waals surface area contributed by atoms with Gasteiger partial charge >= 0.3 is 6.03 Å². The van der Waals surface area contributed by atoms with Crippen molar-refractivity contribution in [2.24, 2.45) is 0 Å². The number of aromatic nitrogens is 2. The largest absolute Gasteiger partial charge is 0.337 e. The van der Waals surface area contributed by atoms with E-state index in [1.165, 1.54) is 0 Å². The van der Waals surface area contributed by atoms with Crippen molar-refractivity contribution in [3.63, 3.8) is 0 Å². The van der Waals surface area contributed by atoms with E-state index in [2.05, 4.69) is 20.8 Å². The van der Waals surface area contributed by atoms with Crippen LogP contribution in [0.5, 0.6) is 0 Å². The molecule has 21 heavy (non-hydrogen) atoms. The minimum absolute atomic E-state index is 0.182. The van der Waals surface area contributed by atoms with E-state index in [0.29, 0.717) is 23.1 Å². The van der Waals surface area contributed by atoms with Crippen LogP contribution >= 0.6 is 0 Å². The number of urea groups is 1. The van der Waals surface area contributed by atoms with E-state index in [1.807, 2.05) is 6.07 Å². The first kappa shape index (κ1) is 13.1. The molecule has 2 aromatic rings. The zero-order valence-corrected chi connectivity index (χ0v) is 11.2. The number of rotatable bonds is 4. The lowest BCUT2D eigenvalue weighted by Gasteiger charge is -2.05. The molecule has 0 bridgehead atoms. The van der Waals surface area contributed by atoms with Gasteiger partial charge in [0.05, 0.1) is 18.2 Å². The topological polar surface area (TPSA) is 104 Å².